The van der Waals surface area contributed by atoms with Crippen LogP contribution in [-0.2, 0) is 10.0 Å². The number of thioether (sulfide) groups is 1. The maximum absolute atomic E-state index is 13.0. The molecule has 1 aromatic rings. The summed E-state index contributed by atoms with van der Waals surface area (Å²) in [5.74, 6) is 1.15. The molecule has 1 aromatic carbocycles. The molecule has 3 nitrogen and oxygen atoms in total. The van der Waals surface area contributed by atoms with E-state index in [1.54, 1.807) is 11.8 Å². The minimum absolute atomic E-state index is 0.0885. The maximum atomic E-state index is 13.0. The van der Waals surface area contributed by atoms with Gasteiger partial charge in [0.1, 0.15) is 5.82 Å². The molecule has 100 valence electrons. The number of hydrogen-bond acceptors (Lipinski definition) is 3. The van der Waals surface area contributed by atoms with Crippen LogP contribution < -0.4 is 4.72 Å². The summed E-state index contributed by atoms with van der Waals surface area (Å²) in [4.78, 5) is 0. The Morgan fingerprint density at radius 1 is 1.33 bits per heavy atom. The van der Waals surface area contributed by atoms with E-state index in [2.05, 4.69) is 4.72 Å². The fraction of sp³-hybridized carbons (Fsp3) is 0.455. The van der Waals surface area contributed by atoms with Crippen LogP contribution in [0.2, 0.25) is 5.02 Å². The molecular weight excluding hydrogens is 297 g/mol. The molecule has 7 heteroatoms. The van der Waals surface area contributed by atoms with Gasteiger partial charge in [-0.15, -0.1) is 0 Å². The van der Waals surface area contributed by atoms with Crippen LogP contribution in [0.3, 0.4) is 0 Å². The van der Waals surface area contributed by atoms with Crippen LogP contribution in [0.1, 0.15) is 12.8 Å². The fourth-order valence-corrected chi connectivity index (χ4v) is 4.86. The molecule has 0 bridgehead atoms. The molecule has 1 aliphatic rings. The van der Waals surface area contributed by atoms with Gasteiger partial charge in [0.2, 0.25) is 10.0 Å². The predicted octanol–water partition coefficient (Wildman–Crippen LogP) is 3.12. The third-order valence-corrected chi connectivity index (χ3v) is 5.99. The van der Waals surface area contributed by atoms with E-state index in [0.717, 1.165) is 17.6 Å². The molecule has 1 heterocycles. The average molecular weight is 310 g/mol. The molecule has 1 N–H and O–H groups in total. The Labute approximate surface area is 115 Å². The van der Waals surface area contributed by atoms with E-state index in [1.807, 2.05) is 0 Å². The van der Waals surface area contributed by atoms with Gasteiger partial charge in [-0.2, -0.15) is 11.8 Å². The van der Waals surface area contributed by atoms with Crippen LogP contribution >= 0.6 is 23.4 Å². The van der Waals surface area contributed by atoms with Crippen molar-refractivity contribution in [3.8, 4) is 0 Å². The third-order valence-electron chi connectivity index (χ3n) is 2.79. The minimum atomic E-state index is -3.41. The molecule has 0 saturated carbocycles. The van der Waals surface area contributed by atoms with Crippen LogP contribution in [0.5, 0.6) is 0 Å². The normalized spacial score (nSPS) is 17.7. The van der Waals surface area contributed by atoms with Crippen LogP contribution in [0.4, 0.5) is 10.1 Å². The van der Waals surface area contributed by atoms with Crippen LogP contribution in [0, 0.1) is 5.82 Å². The molecule has 1 saturated heterocycles. The monoisotopic (exact) mass is 309 g/mol. The first-order valence-electron chi connectivity index (χ1n) is 5.53. The first-order valence-corrected chi connectivity index (χ1v) is 8.61. The smallest absolute Gasteiger partial charge is 0.235 e. The Morgan fingerprint density at radius 3 is 2.61 bits per heavy atom. The highest BCUT2D eigenvalue weighted by Gasteiger charge is 2.27. The molecule has 0 amide bonds. The van der Waals surface area contributed by atoms with Gasteiger partial charge in [-0.05, 0) is 42.5 Å². The number of sulfonamides is 1. The zero-order chi connectivity index (χ0) is 13.2. The number of halogens is 2. The molecule has 0 radical (unpaired) electrons. The number of hydrogen-bond donors (Lipinski definition) is 1. The van der Waals surface area contributed by atoms with Gasteiger partial charge in [0.05, 0.1) is 16.0 Å². The summed E-state index contributed by atoms with van der Waals surface area (Å²) >= 11 is 7.38. The summed E-state index contributed by atoms with van der Waals surface area (Å²) in [6.07, 6.45) is 1.30. The van der Waals surface area contributed by atoms with E-state index in [-0.39, 0.29) is 10.3 Å². The molecule has 1 aliphatic heterocycles. The SMILES string of the molecule is O=S(=O)(Nc1ccc(F)c(Cl)c1)C1CCSCC1. The highest BCUT2D eigenvalue weighted by Crippen LogP contribution is 2.26. The topological polar surface area (TPSA) is 46.2 Å². The second kappa shape index (κ2) is 5.67. The second-order valence-electron chi connectivity index (χ2n) is 4.09. The van der Waals surface area contributed by atoms with Gasteiger partial charge >= 0.3 is 0 Å². The Morgan fingerprint density at radius 2 is 2.00 bits per heavy atom. The maximum Gasteiger partial charge on any atom is 0.235 e. The van der Waals surface area contributed by atoms with Crippen molar-refractivity contribution in [1.82, 2.24) is 0 Å². The lowest BCUT2D eigenvalue weighted by Crippen LogP contribution is -2.31. The molecule has 0 aliphatic carbocycles. The van der Waals surface area contributed by atoms with Crippen molar-refractivity contribution in [3.05, 3.63) is 29.0 Å². The standard InChI is InChI=1S/C11H13ClFNO2S2/c12-10-7-8(1-2-11(10)13)14-18(15,16)9-3-5-17-6-4-9/h1-2,7,9,14H,3-6H2. The number of benzene rings is 1. The van der Waals surface area contributed by atoms with E-state index in [1.165, 1.54) is 12.1 Å². The van der Waals surface area contributed by atoms with E-state index < -0.39 is 15.8 Å². The van der Waals surface area contributed by atoms with Gasteiger partial charge in [-0.25, -0.2) is 12.8 Å². The first-order chi connectivity index (χ1) is 8.49. The zero-order valence-corrected chi connectivity index (χ0v) is 11.9. The molecular formula is C11H13ClFNO2S2. The third kappa shape index (κ3) is 3.30. The van der Waals surface area contributed by atoms with Crippen molar-refractivity contribution in [2.75, 3.05) is 16.2 Å². The Balaban J connectivity index is 2.13. The largest absolute Gasteiger partial charge is 0.283 e. The molecule has 0 spiro atoms. The Bertz CT molecular complexity index is 530. The van der Waals surface area contributed by atoms with Crippen molar-refractivity contribution in [2.24, 2.45) is 0 Å². The van der Waals surface area contributed by atoms with Crippen molar-refractivity contribution < 1.29 is 12.8 Å². The highest BCUT2D eigenvalue weighted by atomic mass is 35.5. The Hall–Kier alpha value is -0.460. The fourth-order valence-electron chi connectivity index (χ4n) is 1.79. The number of rotatable bonds is 3. The lowest BCUT2D eigenvalue weighted by Gasteiger charge is -2.22. The van der Waals surface area contributed by atoms with Gasteiger partial charge in [-0.1, -0.05) is 11.6 Å². The van der Waals surface area contributed by atoms with E-state index in [4.69, 9.17) is 11.6 Å². The Kier molecular flexibility index (Phi) is 4.40. The number of nitrogens with one attached hydrogen (secondary N) is 1. The van der Waals surface area contributed by atoms with E-state index in [9.17, 15) is 12.8 Å². The summed E-state index contributed by atoms with van der Waals surface area (Å²) in [5, 5.41) is -0.461. The van der Waals surface area contributed by atoms with Gasteiger partial charge < -0.3 is 0 Å². The molecule has 2 rings (SSSR count). The van der Waals surface area contributed by atoms with Crippen LogP contribution in [0.15, 0.2) is 18.2 Å². The quantitative estimate of drug-likeness (QED) is 0.933. The van der Waals surface area contributed by atoms with Gasteiger partial charge in [0, 0.05) is 0 Å². The van der Waals surface area contributed by atoms with Crippen molar-refractivity contribution >= 4 is 39.1 Å². The molecule has 18 heavy (non-hydrogen) atoms. The summed E-state index contributed by atoms with van der Waals surface area (Å²) in [6, 6.07) is 3.80. The summed E-state index contributed by atoms with van der Waals surface area (Å²) in [7, 11) is -3.41. The highest BCUT2D eigenvalue weighted by molar-refractivity contribution is 7.99. The van der Waals surface area contributed by atoms with Crippen molar-refractivity contribution in [3.63, 3.8) is 0 Å². The molecule has 1 fully saturated rings. The molecule has 0 unspecified atom stereocenters. The summed E-state index contributed by atoms with van der Waals surface area (Å²) < 4.78 is 39.6. The van der Waals surface area contributed by atoms with Crippen LogP contribution in [0.25, 0.3) is 0 Å². The lowest BCUT2D eigenvalue weighted by molar-refractivity contribution is 0.576. The number of anilines is 1. The van der Waals surface area contributed by atoms with Gasteiger partial charge in [-0.3, -0.25) is 4.72 Å². The molecule has 0 atom stereocenters. The van der Waals surface area contributed by atoms with Gasteiger partial charge in [0.25, 0.3) is 0 Å². The second-order valence-corrected chi connectivity index (χ2v) is 7.68. The van der Waals surface area contributed by atoms with Crippen molar-refractivity contribution in [2.45, 2.75) is 18.1 Å². The van der Waals surface area contributed by atoms with E-state index >= 15 is 0 Å². The van der Waals surface area contributed by atoms with Crippen molar-refractivity contribution in [1.29, 1.82) is 0 Å². The summed E-state index contributed by atoms with van der Waals surface area (Å²) in [5.41, 5.74) is 0.305. The lowest BCUT2D eigenvalue weighted by atomic mass is 10.2. The first kappa shape index (κ1) is 14.0. The van der Waals surface area contributed by atoms with Crippen LogP contribution in [-0.4, -0.2) is 25.2 Å². The van der Waals surface area contributed by atoms with Gasteiger partial charge in [0.15, 0.2) is 0 Å². The van der Waals surface area contributed by atoms with E-state index in [0.29, 0.717) is 18.5 Å². The minimum Gasteiger partial charge on any atom is -0.283 e. The molecule has 0 aromatic heterocycles. The summed E-state index contributed by atoms with van der Waals surface area (Å²) in [6.45, 7) is 0. The predicted molar refractivity (Wildman–Crippen MR) is 74.3 cm³/mol. The zero-order valence-electron chi connectivity index (χ0n) is 9.53. The average Bonchev–Trinajstić information content (AvgIpc) is 2.35.